The normalized spacial score (nSPS) is 15.9. The molecule has 2 aromatic carbocycles. The third-order valence-corrected chi connectivity index (χ3v) is 5.49. The van der Waals surface area contributed by atoms with Gasteiger partial charge in [-0.3, -0.25) is 0 Å². The molecule has 1 N–H and O–H groups in total. The molecule has 0 fully saturated rings. The van der Waals surface area contributed by atoms with Crippen molar-refractivity contribution in [1.82, 2.24) is 9.78 Å². The Kier molecular flexibility index (Phi) is 6.50. The number of aromatic carboxylic acids is 1. The van der Waals surface area contributed by atoms with E-state index in [0.717, 1.165) is 22.4 Å². The molecular weight excluding hydrogens is 480 g/mol. The first-order chi connectivity index (χ1) is 16.4. The Morgan fingerprint density at radius 1 is 1.00 bits per heavy atom. The lowest BCUT2D eigenvalue weighted by Gasteiger charge is -2.20. The van der Waals surface area contributed by atoms with Gasteiger partial charge in [0.15, 0.2) is 5.69 Å². The molecule has 6 nitrogen and oxygen atoms in total. The summed E-state index contributed by atoms with van der Waals surface area (Å²) in [6.45, 7) is -0.160. The van der Waals surface area contributed by atoms with Crippen LogP contribution in [0.15, 0.2) is 54.6 Å². The molecule has 0 saturated heterocycles. The Balaban J connectivity index is 1.66. The van der Waals surface area contributed by atoms with Crippen LogP contribution in [0.4, 0.5) is 32.2 Å². The fourth-order valence-corrected chi connectivity index (χ4v) is 4.01. The van der Waals surface area contributed by atoms with Gasteiger partial charge in [0.05, 0.1) is 24.8 Å². The first-order valence-electron chi connectivity index (χ1n) is 10.4. The Morgan fingerprint density at radius 2 is 1.69 bits per heavy atom. The number of halogens is 6. The lowest BCUT2D eigenvalue weighted by molar-refractivity contribution is -0.142. The number of rotatable bonds is 7. The summed E-state index contributed by atoms with van der Waals surface area (Å²) in [4.78, 5) is 13.1. The van der Waals surface area contributed by atoms with Crippen LogP contribution in [0.3, 0.4) is 0 Å². The van der Waals surface area contributed by atoms with E-state index < -0.39 is 41.2 Å². The number of benzene rings is 2. The van der Waals surface area contributed by atoms with Crippen molar-refractivity contribution in [2.75, 3.05) is 18.1 Å². The van der Waals surface area contributed by atoms with Crippen LogP contribution in [0, 0.1) is 0 Å². The standard InChI is InChI=1S/C23H19F6N3O3/c24-22(25,26)16-8-4-7-15(9-16)10-31-11-17(13-35-12-14-5-2-1-3-6-14)32-20(31)18(21(33)34)19(30-32)23(27,28)29/h1-9,17H,10-13H2,(H,33,34). The quantitative estimate of drug-likeness (QED) is 0.441. The number of carboxylic acids is 1. The van der Waals surface area contributed by atoms with E-state index in [-0.39, 0.29) is 37.7 Å². The smallest absolute Gasteiger partial charge is 0.436 e. The van der Waals surface area contributed by atoms with Crippen LogP contribution >= 0.6 is 0 Å². The molecule has 0 amide bonds. The minimum atomic E-state index is -5.04. The molecule has 1 aliphatic heterocycles. The largest absolute Gasteiger partial charge is 0.477 e. The maximum absolute atomic E-state index is 13.6. The van der Waals surface area contributed by atoms with Crippen LogP contribution in [-0.2, 0) is 30.2 Å². The van der Waals surface area contributed by atoms with Crippen molar-refractivity contribution in [1.29, 1.82) is 0 Å². The van der Waals surface area contributed by atoms with E-state index in [2.05, 4.69) is 5.10 Å². The molecule has 0 bridgehead atoms. The van der Waals surface area contributed by atoms with Crippen LogP contribution in [-0.4, -0.2) is 34.0 Å². The molecule has 186 valence electrons. The summed E-state index contributed by atoms with van der Waals surface area (Å²) >= 11 is 0. The molecule has 1 aliphatic rings. The minimum absolute atomic E-state index is 0.00574. The maximum atomic E-state index is 13.6. The zero-order chi connectivity index (χ0) is 25.4. The van der Waals surface area contributed by atoms with E-state index in [1.807, 2.05) is 6.07 Å². The molecule has 0 aliphatic carbocycles. The SMILES string of the molecule is O=C(O)c1c(C(F)(F)F)nn2c1N(Cc1cccc(C(F)(F)F)c1)CC2COCc1ccccc1. The van der Waals surface area contributed by atoms with Crippen LogP contribution in [0.5, 0.6) is 0 Å². The van der Waals surface area contributed by atoms with E-state index in [1.54, 1.807) is 24.3 Å². The molecule has 1 atom stereocenters. The summed E-state index contributed by atoms with van der Waals surface area (Å²) in [5, 5.41) is 13.1. The van der Waals surface area contributed by atoms with E-state index in [4.69, 9.17) is 4.74 Å². The summed E-state index contributed by atoms with van der Waals surface area (Å²) in [7, 11) is 0. The molecule has 0 spiro atoms. The van der Waals surface area contributed by atoms with Crippen molar-refractivity contribution in [3.05, 3.63) is 82.5 Å². The van der Waals surface area contributed by atoms with E-state index in [9.17, 15) is 36.2 Å². The lowest BCUT2D eigenvalue weighted by Crippen LogP contribution is -2.26. The second-order valence-corrected chi connectivity index (χ2v) is 8.03. The molecule has 35 heavy (non-hydrogen) atoms. The van der Waals surface area contributed by atoms with Gasteiger partial charge in [-0.05, 0) is 23.3 Å². The van der Waals surface area contributed by atoms with Crippen molar-refractivity contribution in [2.24, 2.45) is 0 Å². The van der Waals surface area contributed by atoms with Gasteiger partial charge < -0.3 is 14.7 Å². The fraction of sp³-hybridized carbons (Fsp3) is 0.304. The Bertz CT molecular complexity index is 1210. The van der Waals surface area contributed by atoms with Gasteiger partial charge in [-0.15, -0.1) is 0 Å². The van der Waals surface area contributed by atoms with Crippen molar-refractivity contribution in [3.63, 3.8) is 0 Å². The molecule has 1 aromatic heterocycles. The maximum Gasteiger partial charge on any atom is 0.436 e. The Hall–Kier alpha value is -3.54. The third kappa shape index (κ3) is 5.26. The molecule has 4 rings (SSSR count). The predicted octanol–water partition coefficient (Wildman–Crippen LogP) is 5.40. The van der Waals surface area contributed by atoms with E-state index in [0.29, 0.717) is 0 Å². The first-order valence-corrected chi connectivity index (χ1v) is 10.4. The summed E-state index contributed by atoms with van der Waals surface area (Å²) in [5.41, 5.74) is -2.55. The zero-order valence-electron chi connectivity index (χ0n) is 18.0. The Labute approximate surface area is 195 Å². The second-order valence-electron chi connectivity index (χ2n) is 8.03. The summed E-state index contributed by atoms with van der Waals surface area (Å²) in [6, 6.07) is 12.6. The van der Waals surface area contributed by atoms with Crippen LogP contribution in [0.2, 0.25) is 0 Å². The van der Waals surface area contributed by atoms with Gasteiger partial charge in [0.1, 0.15) is 11.4 Å². The van der Waals surface area contributed by atoms with Gasteiger partial charge in [-0.2, -0.15) is 31.4 Å². The monoisotopic (exact) mass is 499 g/mol. The Morgan fingerprint density at radius 3 is 2.31 bits per heavy atom. The summed E-state index contributed by atoms with van der Waals surface area (Å²) in [5.74, 6) is -2.16. The van der Waals surface area contributed by atoms with E-state index >= 15 is 0 Å². The average molecular weight is 499 g/mol. The second kappa shape index (κ2) is 9.25. The van der Waals surface area contributed by atoms with Crippen molar-refractivity contribution in [3.8, 4) is 0 Å². The van der Waals surface area contributed by atoms with E-state index in [1.165, 1.54) is 17.0 Å². The number of carboxylic acid groups (broad SMARTS) is 1. The topological polar surface area (TPSA) is 67.6 Å². The highest BCUT2D eigenvalue weighted by molar-refractivity contribution is 5.95. The van der Waals surface area contributed by atoms with Gasteiger partial charge in [-0.1, -0.05) is 42.5 Å². The number of hydrogen-bond donors (Lipinski definition) is 1. The molecule has 1 unspecified atom stereocenters. The average Bonchev–Trinajstić information content (AvgIpc) is 3.33. The number of ether oxygens (including phenoxy) is 1. The lowest BCUT2D eigenvalue weighted by atomic mass is 10.1. The van der Waals surface area contributed by atoms with Gasteiger partial charge in [-0.25, -0.2) is 9.48 Å². The number of alkyl halides is 6. The molecule has 0 radical (unpaired) electrons. The fourth-order valence-electron chi connectivity index (χ4n) is 4.01. The molecule has 2 heterocycles. The van der Waals surface area contributed by atoms with Crippen molar-refractivity contribution < 1.29 is 41.0 Å². The molecule has 12 heteroatoms. The number of fused-ring (bicyclic) bond motifs is 1. The van der Waals surface area contributed by atoms with Crippen LogP contribution in [0.1, 0.15) is 38.8 Å². The van der Waals surface area contributed by atoms with Gasteiger partial charge in [0, 0.05) is 13.1 Å². The van der Waals surface area contributed by atoms with Crippen LogP contribution in [0.25, 0.3) is 0 Å². The molecule has 0 saturated carbocycles. The summed E-state index contributed by atoms with van der Waals surface area (Å²) in [6.07, 6.45) is -9.64. The number of anilines is 1. The molecular formula is C23H19F6N3O3. The summed E-state index contributed by atoms with van der Waals surface area (Å²) < 4.78 is 86.7. The van der Waals surface area contributed by atoms with Crippen molar-refractivity contribution >= 4 is 11.8 Å². The number of carbonyl (C=O) groups is 1. The highest BCUT2D eigenvalue weighted by Gasteiger charge is 2.46. The van der Waals surface area contributed by atoms with Crippen molar-refractivity contribution in [2.45, 2.75) is 31.5 Å². The zero-order valence-corrected chi connectivity index (χ0v) is 18.0. The molecule has 3 aromatic rings. The highest BCUT2D eigenvalue weighted by Crippen LogP contribution is 2.41. The minimum Gasteiger partial charge on any atom is -0.477 e. The number of aromatic nitrogens is 2. The van der Waals surface area contributed by atoms with Gasteiger partial charge in [0.2, 0.25) is 0 Å². The number of hydrogen-bond acceptors (Lipinski definition) is 4. The first kappa shape index (κ1) is 24.6. The van der Waals surface area contributed by atoms with Gasteiger partial charge in [0.25, 0.3) is 0 Å². The van der Waals surface area contributed by atoms with Crippen LogP contribution < -0.4 is 4.90 Å². The third-order valence-electron chi connectivity index (χ3n) is 5.49. The number of nitrogens with zero attached hydrogens (tertiary/aromatic N) is 3. The predicted molar refractivity (Wildman–Crippen MR) is 112 cm³/mol. The highest BCUT2D eigenvalue weighted by atomic mass is 19.4. The van der Waals surface area contributed by atoms with Gasteiger partial charge >= 0.3 is 18.3 Å².